The Hall–Kier alpha value is -0.170. The molecular formula is C8H16O5S. The van der Waals surface area contributed by atoms with Gasteiger partial charge in [-0.3, -0.25) is 4.18 Å². The smallest absolute Gasteiger partial charge is 0.272 e. The van der Waals surface area contributed by atoms with E-state index in [0.717, 1.165) is 0 Å². The molecule has 0 spiro atoms. The van der Waals surface area contributed by atoms with Crippen molar-refractivity contribution in [2.24, 2.45) is 0 Å². The first kappa shape index (κ1) is 11.9. The third-order valence-electron chi connectivity index (χ3n) is 2.05. The van der Waals surface area contributed by atoms with E-state index >= 15 is 0 Å². The molecule has 0 aromatic rings. The highest BCUT2D eigenvalue weighted by molar-refractivity contribution is 7.86. The van der Waals surface area contributed by atoms with E-state index in [1.165, 1.54) is 0 Å². The molecule has 1 heterocycles. The first-order valence-corrected chi connectivity index (χ1v) is 6.26. The minimum absolute atomic E-state index is 0.141. The minimum atomic E-state index is -3.54. The van der Waals surface area contributed by atoms with Crippen LogP contribution in [0.2, 0.25) is 0 Å². The zero-order valence-corrected chi connectivity index (χ0v) is 9.30. The molecule has 6 heteroatoms. The van der Waals surface area contributed by atoms with Crippen LogP contribution in [0.5, 0.6) is 0 Å². The second kappa shape index (κ2) is 4.57. The van der Waals surface area contributed by atoms with Crippen LogP contribution in [0.4, 0.5) is 0 Å². The fourth-order valence-corrected chi connectivity index (χ4v) is 2.73. The predicted octanol–water partition coefficient (Wildman–Crippen LogP) is 0.506. The molecule has 1 fully saturated rings. The molecule has 0 N–H and O–H groups in total. The van der Waals surface area contributed by atoms with Crippen molar-refractivity contribution in [2.45, 2.75) is 26.1 Å². The maximum atomic E-state index is 11.4. The molecule has 0 radical (unpaired) electrons. The molecule has 84 valence electrons. The Labute approximate surface area is 84.5 Å². The Morgan fingerprint density at radius 2 is 1.86 bits per heavy atom. The lowest BCUT2D eigenvalue weighted by Gasteiger charge is -2.24. The summed E-state index contributed by atoms with van der Waals surface area (Å²) in [5.74, 6) is -1.22. The molecule has 0 atom stereocenters. The predicted molar refractivity (Wildman–Crippen MR) is 50.3 cm³/mol. The normalized spacial score (nSPS) is 21.3. The van der Waals surface area contributed by atoms with E-state index in [1.54, 1.807) is 6.92 Å². The zero-order valence-electron chi connectivity index (χ0n) is 8.49. The van der Waals surface area contributed by atoms with Crippen LogP contribution < -0.4 is 0 Å². The number of rotatable bonds is 5. The topological polar surface area (TPSA) is 61.8 Å². The van der Waals surface area contributed by atoms with Crippen molar-refractivity contribution in [3.8, 4) is 0 Å². The SMILES string of the molecule is CCOS(=O)(=O)CC1(CC)OCCO1. The van der Waals surface area contributed by atoms with Gasteiger partial charge >= 0.3 is 0 Å². The molecule has 14 heavy (non-hydrogen) atoms. The summed E-state index contributed by atoms with van der Waals surface area (Å²) in [4.78, 5) is 0. The van der Waals surface area contributed by atoms with Crippen molar-refractivity contribution in [3.63, 3.8) is 0 Å². The highest BCUT2D eigenvalue weighted by atomic mass is 32.2. The third-order valence-corrected chi connectivity index (χ3v) is 3.43. The van der Waals surface area contributed by atoms with Gasteiger partial charge in [0.15, 0.2) is 5.79 Å². The molecular weight excluding hydrogens is 208 g/mol. The lowest BCUT2D eigenvalue weighted by atomic mass is 10.2. The third kappa shape index (κ3) is 2.91. The lowest BCUT2D eigenvalue weighted by molar-refractivity contribution is -0.140. The molecule has 5 nitrogen and oxygen atoms in total. The summed E-state index contributed by atoms with van der Waals surface area (Å²) in [6.45, 7) is 4.48. The standard InChI is InChI=1S/C8H16O5S/c1-3-8(11-5-6-12-8)7-14(9,10)13-4-2/h3-7H2,1-2H3. The van der Waals surface area contributed by atoms with E-state index in [2.05, 4.69) is 4.18 Å². The highest BCUT2D eigenvalue weighted by Gasteiger charge is 2.39. The molecule has 0 bridgehead atoms. The van der Waals surface area contributed by atoms with E-state index < -0.39 is 15.9 Å². The Balaban J connectivity index is 2.64. The molecule has 0 amide bonds. The second-order valence-corrected chi connectivity index (χ2v) is 4.71. The minimum Gasteiger partial charge on any atom is -0.346 e. The molecule has 1 rings (SSSR count). The Morgan fingerprint density at radius 3 is 2.29 bits per heavy atom. The van der Waals surface area contributed by atoms with E-state index in [4.69, 9.17) is 9.47 Å². The molecule has 1 aliphatic heterocycles. The van der Waals surface area contributed by atoms with Crippen LogP contribution in [0.1, 0.15) is 20.3 Å². The zero-order chi connectivity index (χ0) is 10.7. The first-order chi connectivity index (χ1) is 6.54. The van der Waals surface area contributed by atoms with Gasteiger partial charge in [0.25, 0.3) is 10.1 Å². The lowest BCUT2D eigenvalue weighted by Crippen LogP contribution is -2.38. The van der Waals surface area contributed by atoms with Crippen molar-refractivity contribution in [1.29, 1.82) is 0 Å². The van der Waals surface area contributed by atoms with Gasteiger partial charge in [-0.05, 0) is 13.3 Å². The van der Waals surface area contributed by atoms with Crippen LogP contribution in [0.15, 0.2) is 0 Å². The van der Waals surface area contributed by atoms with Gasteiger partial charge in [0.1, 0.15) is 5.75 Å². The molecule has 0 aromatic carbocycles. The molecule has 0 unspecified atom stereocenters. The summed E-state index contributed by atoms with van der Waals surface area (Å²) in [7, 11) is -3.54. The summed E-state index contributed by atoms with van der Waals surface area (Å²) in [6, 6.07) is 0. The van der Waals surface area contributed by atoms with Gasteiger partial charge < -0.3 is 9.47 Å². The average Bonchev–Trinajstić information content (AvgIpc) is 2.53. The van der Waals surface area contributed by atoms with Crippen molar-refractivity contribution in [3.05, 3.63) is 0 Å². The average molecular weight is 224 g/mol. The van der Waals surface area contributed by atoms with Crippen molar-refractivity contribution in [1.82, 2.24) is 0 Å². The van der Waals surface area contributed by atoms with Crippen LogP contribution >= 0.6 is 0 Å². The Bertz CT molecular complexity index is 265. The maximum Gasteiger partial charge on any atom is 0.272 e. The van der Waals surface area contributed by atoms with Crippen LogP contribution in [-0.2, 0) is 23.8 Å². The summed E-state index contributed by atoms with van der Waals surface area (Å²) in [5.41, 5.74) is 0. The van der Waals surface area contributed by atoms with Gasteiger partial charge in [-0.2, -0.15) is 8.42 Å². The van der Waals surface area contributed by atoms with Crippen molar-refractivity contribution < 1.29 is 22.1 Å². The molecule has 1 saturated heterocycles. The number of hydrogen-bond acceptors (Lipinski definition) is 5. The van der Waals surface area contributed by atoms with Gasteiger partial charge in [0.2, 0.25) is 0 Å². The van der Waals surface area contributed by atoms with Crippen LogP contribution in [0, 0.1) is 0 Å². The van der Waals surface area contributed by atoms with Crippen molar-refractivity contribution >= 4 is 10.1 Å². The molecule has 0 aromatic heterocycles. The number of ether oxygens (including phenoxy) is 2. The second-order valence-electron chi connectivity index (χ2n) is 3.07. The molecule has 1 aliphatic rings. The van der Waals surface area contributed by atoms with Crippen LogP contribution in [-0.4, -0.2) is 39.8 Å². The quantitative estimate of drug-likeness (QED) is 0.637. The Kier molecular flexibility index (Phi) is 3.88. The maximum absolute atomic E-state index is 11.4. The largest absolute Gasteiger partial charge is 0.346 e. The van der Waals surface area contributed by atoms with Gasteiger partial charge in [0, 0.05) is 0 Å². The molecule has 0 saturated carbocycles. The van der Waals surface area contributed by atoms with Gasteiger partial charge in [-0.25, -0.2) is 0 Å². The van der Waals surface area contributed by atoms with Crippen LogP contribution in [0.25, 0.3) is 0 Å². The summed E-state index contributed by atoms with van der Waals surface area (Å²) in [5, 5.41) is 0. The summed E-state index contributed by atoms with van der Waals surface area (Å²) >= 11 is 0. The van der Waals surface area contributed by atoms with Crippen molar-refractivity contribution in [2.75, 3.05) is 25.6 Å². The fourth-order valence-electron chi connectivity index (χ4n) is 1.38. The number of hydrogen-bond donors (Lipinski definition) is 0. The monoisotopic (exact) mass is 224 g/mol. The van der Waals surface area contributed by atoms with Gasteiger partial charge in [0.05, 0.1) is 19.8 Å². The van der Waals surface area contributed by atoms with E-state index in [9.17, 15) is 8.42 Å². The van der Waals surface area contributed by atoms with E-state index in [1.807, 2.05) is 6.92 Å². The van der Waals surface area contributed by atoms with Gasteiger partial charge in [-0.1, -0.05) is 6.92 Å². The van der Waals surface area contributed by atoms with E-state index in [0.29, 0.717) is 19.6 Å². The molecule has 0 aliphatic carbocycles. The Morgan fingerprint density at radius 1 is 1.29 bits per heavy atom. The summed E-state index contributed by atoms with van der Waals surface area (Å²) in [6.07, 6.45) is 0.499. The highest BCUT2D eigenvalue weighted by Crippen LogP contribution is 2.25. The summed E-state index contributed by atoms with van der Waals surface area (Å²) < 4.78 is 37.9. The van der Waals surface area contributed by atoms with E-state index in [-0.39, 0.29) is 12.4 Å². The van der Waals surface area contributed by atoms with Crippen LogP contribution in [0.3, 0.4) is 0 Å². The first-order valence-electron chi connectivity index (χ1n) is 4.68. The fraction of sp³-hybridized carbons (Fsp3) is 1.00. The van der Waals surface area contributed by atoms with Gasteiger partial charge in [-0.15, -0.1) is 0 Å².